The normalized spacial score (nSPS) is 12.0. The van der Waals surface area contributed by atoms with Crippen LogP contribution < -0.4 is 10.2 Å². The van der Waals surface area contributed by atoms with Crippen molar-refractivity contribution in [2.75, 3.05) is 20.8 Å². The van der Waals surface area contributed by atoms with E-state index in [-0.39, 0.29) is 24.0 Å². The molecule has 5 rings (SSSR count). The summed E-state index contributed by atoms with van der Waals surface area (Å²) >= 11 is 12.4. The maximum atomic E-state index is 6.42. The van der Waals surface area contributed by atoms with Crippen LogP contribution in [0.15, 0.2) is 63.0 Å². The molecule has 0 spiro atoms. The SMILES string of the molecule is CNOC/C(=N/OC)c1ccccc1COc1ncc(-c2noc(C(C)(C)C)n2)cc1Cl.Cc1ncc(-c2noc(C(C)(C)C)n2)cc1Cl. The largest absolute Gasteiger partial charge is 0.472 e. The van der Waals surface area contributed by atoms with E-state index in [9.17, 15) is 0 Å². The van der Waals surface area contributed by atoms with Crippen molar-refractivity contribution >= 4 is 28.9 Å². The number of hydrogen-bond donors (Lipinski definition) is 1. The first-order chi connectivity index (χ1) is 23.2. The number of hydrogen-bond acceptors (Lipinski definition) is 13. The summed E-state index contributed by atoms with van der Waals surface area (Å²) in [5.41, 5.74) is 6.73. The maximum absolute atomic E-state index is 6.42. The highest BCUT2D eigenvalue weighted by atomic mass is 35.5. The van der Waals surface area contributed by atoms with Gasteiger partial charge in [0, 0.05) is 47.0 Å². The van der Waals surface area contributed by atoms with E-state index in [2.05, 4.69) is 40.9 Å². The van der Waals surface area contributed by atoms with E-state index in [0.29, 0.717) is 50.6 Å². The maximum Gasteiger partial charge on any atom is 0.232 e. The number of pyridine rings is 2. The van der Waals surface area contributed by atoms with Gasteiger partial charge in [0.1, 0.15) is 31.1 Å². The van der Waals surface area contributed by atoms with Crippen molar-refractivity contribution in [1.82, 2.24) is 35.7 Å². The minimum Gasteiger partial charge on any atom is -0.472 e. The van der Waals surface area contributed by atoms with Crippen LogP contribution in [0.25, 0.3) is 22.8 Å². The van der Waals surface area contributed by atoms with Crippen LogP contribution in [0.1, 0.15) is 70.1 Å². The predicted octanol–water partition coefficient (Wildman–Crippen LogP) is 7.55. The standard InChI is InChI=1S/C22H26ClN5O4.C12H14ClN3O/c1-22(2,3)21-26-19(28-32-21)15-10-17(23)20(25-11-15)30-12-14-8-6-7-9-16(14)18(27-29-5)13-31-24-4;1-7-9(13)5-8(6-14-7)10-15-11(17-16-10)12(2,3)4/h6-11,24H,12-13H2,1-5H3;5-6H,1-4H3/b27-18-;. The van der Waals surface area contributed by atoms with Gasteiger partial charge in [-0.15, -0.1) is 0 Å². The summed E-state index contributed by atoms with van der Waals surface area (Å²) in [6, 6.07) is 11.1. The third kappa shape index (κ3) is 10.0. The first-order valence-electron chi connectivity index (χ1n) is 15.3. The fourth-order valence-electron chi connectivity index (χ4n) is 4.05. The second-order valence-corrected chi connectivity index (χ2v) is 13.6. The molecule has 1 aromatic carbocycles. The summed E-state index contributed by atoms with van der Waals surface area (Å²) in [5, 5.41) is 13.0. The fraction of sp³-hybridized carbons (Fsp3) is 0.382. The quantitative estimate of drug-likeness (QED) is 0.112. The van der Waals surface area contributed by atoms with Gasteiger partial charge >= 0.3 is 0 Å². The van der Waals surface area contributed by atoms with Crippen LogP contribution in [0, 0.1) is 6.92 Å². The molecular formula is C34H40Cl2N8O5. The molecule has 13 nitrogen and oxygen atoms in total. The molecule has 0 unspecified atom stereocenters. The zero-order valence-corrected chi connectivity index (χ0v) is 30.5. The Hall–Kier alpha value is -4.43. The van der Waals surface area contributed by atoms with Crippen LogP contribution >= 0.6 is 23.2 Å². The fourth-order valence-corrected chi connectivity index (χ4v) is 4.44. The number of aromatic nitrogens is 6. The third-order valence-corrected chi connectivity index (χ3v) is 7.38. The molecule has 0 saturated carbocycles. The molecule has 4 aromatic heterocycles. The number of halogens is 2. The molecule has 0 aliphatic rings. The number of aryl methyl sites for hydroxylation is 1. The number of oxime groups is 1. The van der Waals surface area contributed by atoms with Crippen molar-refractivity contribution in [3.05, 3.63) is 87.4 Å². The summed E-state index contributed by atoms with van der Waals surface area (Å²) in [6.45, 7) is 14.3. The highest BCUT2D eigenvalue weighted by Gasteiger charge is 2.24. The molecular weight excluding hydrogens is 671 g/mol. The van der Waals surface area contributed by atoms with E-state index in [0.717, 1.165) is 22.4 Å². The van der Waals surface area contributed by atoms with E-state index >= 15 is 0 Å². The first kappa shape index (κ1) is 37.4. The van der Waals surface area contributed by atoms with E-state index in [1.807, 2.05) is 72.7 Å². The van der Waals surface area contributed by atoms with Crippen LogP contribution in [0.4, 0.5) is 0 Å². The molecule has 49 heavy (non-hydrogen) atoms. The van der Waals surface area contributed by atoms with Crippen LogP contribution in [0.5, 0.6) is 5.88 Å². The number of rotatable bonds is 10. The summed E-state index contributed by atoms with van der Waals surface area (Å²) in [4.78, 5) is 27.5. The summed E-state index contributed by atoms with van der Waals surface area (Å²) in [7, 11) is 3.16. The monoisotopic (exact) mass is 710 g/mol. The minimum absolute atomic E-state index is 0.160. The van der Waals surface area contributed by atoms with E-state index < -0.39 is 0 Å². The Morgan fingerprint density at radius 3 is 1.94 bits per heavy atom. The zero-order valence-electron chi connectivity index (χ0n) is 29.0. The number of hydroxylamine groups is 1. The van der Waals surface area contributed by atoms with Gasteiger partial charge in [-0.1, -0.05) is 104 Å². The van der Waals surface area contributed by atoms with Gasteiger partial charge < -0.3 is 18.6 Å². The summed E-state index contributed by atoms with van der Waals surface area (Å²) in [5.74, 6) is 2.37. The van der Waals surface area contributed by atoms with Gasteiger partial charge in [-0.05, 0) is 24.6 Å². The van der Waals surface area contributed by atoms with Crippen LogP contribution in [-0.4, -0.2) is 56.7 Å². The molecule has 0 saturated heterocycles. The number of nitrogens with zero attached hydrogens (tertiary/aromatic N) is 7. The Morgan fingerprint density at radius 1 is 0.857 bits per heavy atom. The average molecular weight is 712 g/mol. The van der Waals surface area contributed by atoms with E-state index in [1.54, 1.807) is 31.6 Å². The Kier molecular flexibility index (Phi) is 12.4. The molecule has 0 bridgehead atoms. The lowest BCUT2D eigenvalue weighted by Gasteiger charge is -2.13. The Bertz CT molecular complexity index is 1880. The summed E-state index contributed by atoms with van der Waals surface area (Å²) in [6.07, 6.45) is 3.29. The molecule has 260 valence electrons. The van der Waals surface area contributed by atoms with Crippen molar-refractivity contribution in [3.63, 3.8) is 0 Å². The molecule has 0 atom stereocenters. The van der Waals surface area contributed by atoms with Crippen molar-refractivity contribution in [2.24, 2.45) is 5.16 Å². The van der Waals surface area contributed by atoms with Gasteiger partial charge in [-0.25, -0.2) is 10.5 Å². The van der Waals surface area contributed by atoms with Crippen LogP contribution in [0.3, 0.4) is 0 Å². The molecule has 1 N–H and O–H groups in total. The zero-order chi connectivity index (χ0) is 35.8. The Labute approximate surface area is 295 Å². The van der Waals surface area contributed by atoms with Gasteiger partial charge in [0.2, 0.25) is 29.3 Å². The molecule has 0 amide bonds. The van der Waals surface area contributed by atoms with E-state index in [1.165, 1.54) is 7.11 Å². The number of ether oxygens (including phenoxy) is 1. The number of benzene rings is 1. The summed E-state index contributed by atoms with van der Waals surface area (Å²) < 4.78 is 16.5. The van der Waals surface area contributed by atoms with Crippen molar-refractivity contribution in [1.29, 1.82) is 0 Å². The molecule has 0 aliphatic carbocycles. The lowest BCUT2D eigenvalue weighted by Crippen LogP contribution is -2.19. The van der Waals surface area contributed by atoms with Crippen molar-refractivity contribution < 1.29 is 23.5 Å². The van der Waals surface area contributed by atoms with Gasteiger partial charge in [-0.3, -0.25) is 9.82 Å². The van der Waals surface area contributed by atoms with Gasteiger partial charge in [-0.2, -0.15) is 9.97 Å². The smallest absolute Gasteiger partial charge is 0.232 e. The highest BCUT2D eigenvalue weighted by Crippen LogP contribution is 2.30. The second kappa shape index (κ2) is 16.3. The van der Waals surface area contributed by atoms with Crippen molar-refractivity contribution in [2.45, 2.75) is 65.9 Å². The second-order valence-electron chi connectivity index (χ2n) is 12.8. The van der Waals surface area contributed by atoms with Crippen molar-refractivity contribution in [3.8, 4) is 28.7 Å². The third-order valence-electron chi connectivity index (χ3n) is 6.73. The Morgan fingerprint density at radius 2 is 1.43 bits per heavy atom. The van der Waals surface area contributed by atoms with Gasteiger partial charge in [0.25, 0.3) is 0 Å². The number of nitrogens with one attached hydrogen (secondary N) is 1. The predicted molar refractivity (Wildman–Crippen MR) is 187 cm³/mol. The minimum atomic E-state index is -0.248. The molecule has 4 heterocycles. The Balaban J connectivity index is 0.000000266. The molecule has 15 heteroatoms. The van der Waals surface area contributed by atoms with Gasteiger partial charge in [0.05, 0.1) is 10.7 Å². The molecule has 5 aromatic rings. The topological polar surface area (TPSA) is 156 Å². The highest BCUT2D eigenvalue weighted by molar-refractivity contribution is 6.32. The van der Waals surface area contributed by atoms with Crippen LogP contribution in [-0.2, 0) is 27.1 Å². The molecule has 0 fully saturated rings. The lowest BCUT2D eigenvalue weighted by molar-refractivity contribution is 0.0866. The van der Waals surface area contributed by atoms with E-state index in [4.69, 9.17) is 46.7 Å². The molecule has 0 radical (unpaired) electrons. The van der Waals surface area contributed by atoms with Gasteiger partial charge in [0.15, 0.2) is 0 Å². The average Bonchev–Trinajstić information content (AvgIpc) is 3.76. The lowest BCUT2D eigenvalue weighted by atomic mass is 9.97. The first-order valence-corrected chi connectivity index (χ1v) is 16.0. The molecule has 0 aliphatic heterocycles. The van der Waals surface area contributed by atoms with Crippen LogP contribution in [0.2, 0.25) is 10.0 Å².